The average molecular weight is 547 g/mol. The Labute approximate surface area is 227 Å². The molecule has 0 saturated heterocycles. The van der Waals surface area contributed by atoms with E-state index in [0.717, 1.165) is 0 Å². The summed E-state index contributed by atoms with van der Waals surface area (Å²) >= 11 is 0. The van der Waals surface area contributed by atoms with Gasteiger partial charge in [0.25, 0.3) is 0 Å². The Kier molecular flexibility index (Phi) is 10.6. The molecule has 0 amide bonds. The molecule has 6 atom stereocenters. The summed E-state index contributed by atoms with van der Waals surface area (Å²) in [5.74, 6) is -2.65. The first-order valence-corrected chi connectivity index (χ1v) is 13.5. The van der Waals surface area contributed by atoms with Gasteiger partial charge in [-0.2, -0.15) is 0 Å². The number of aliphatic hydroxyl groups is 1. The minimum absolute atomic E-state index is 0.0588. The lowest BCUT2D eigenvalue weighted by Crippen LogP contribution is -2.46. The highest BCUT2D eigenvalue weighted by atomic mass is 16.6. The Bertz CT molecular complexity index is 1120. The summed E-state index contributed by atoms with van der Waals surface area (Å²) in [7, 11) is 0. The average Bonchev–Trinajstić information content (AvgIpc) is 3.29. The Morgan fingerprint density at radius 1 is 1.28 bits per heavy atom. The molecule has 2 aliphatic rings. The van der Waals surface area contributed by atoms with Crippen molar-refractivity contribution in [3.05, 3.63) is 29.2 Å². The summed E-state index contributed by atoms with van der Waals surface area (Å²) < 4.78 is 11.0. The van der Waals surface area contributed by atoms with Gasteiger partial charge in [0, 0.05) is 30.7 Å². The Morgan fingerprint density at radius 3 is 2.67 bits per heavy atom. The van der Waals surface area contributed by atoms with E-state index in [9.17, 15) is 24.3 Å². The summed E-state index contributed by atoms with van der Waals surface area (Å²) in [6.07, 6.45) is 0.931. The van der Waals surface area contributed by atoms with Crippen molar-refractivity contribution in [2.45, 2.75) is 91.5 Å². The van der Waals surface area contributed by atoms with Gasteiger partial charge in [0.15, 0.2) is 12.4 Å². The van der Waals surface area contributed by atoms with Gasteiger partial charge in [0.2, 0.25) is 0 Å². The zero-order valence-corrected chi connectivity index (χ0v) is 22.9. The largest absolute Gasteiger partial charge is 0.481 e. The van der Waals surface area contributed by atoms with E-state index < -0.39 is 30.5 Å². The van der Waals surface area contributed by atoms with Crippen LogP contribution in [0, 0.1) is 30.6 Å². The van der Waals surface area contributed by atoms with E-state index in [1.807, 2.05) is 6.92 Å². The Hall–Kier alpha value is -3.34. The van der Waals surface area contributed by atoms with Gasteiger partial charge in [-0.05, 0) is 50.2 Å². The van der Waals surface area contributed by atoms with Crippen molar-refractivity contribution in [1.29, 1.82) is 0 Å². The van der Waals surface area contributed by atoms with E-state index in [0.29, 0.717) is 48.4 Å². The van der Waals surface area contributed by atoms with E-state index >= 15 is 0 Å². The van der Waals surface area contributed by atoms with E-state index in [2.05, 4.69) is 10.3 Å². The third kappa shape index (κ3) is 8.08. The van der Waals surface area contributed by atoms with Crippen LogP contribution in [0.4, 0.5) is 0 Å². The lowest BCUT2D eigenvalue weighted by atomic mass is 9.63. The number of hydrogen-bond donors (Lipinski definition) is 2. The fraction of sp³-hybridized carbons (Fsp3) is 0.643. The number of esters is 1. The predicted octanol–water partition coefficient (Wildman–Crippen LogP) is 3.56. The molecule has 0 aromatic carbocycles. The number of aliphatic carboxylic acids is 1. The summed E-state index contributed by atoms with van der Waals surface area (Å²) in [4.78, 5) is 54.7. The number of allylic oxidation sites excluding steroid dienone is 1. The smallest absolute Gasteiger partial charge is 0.308 e. The molecule has 2 aliphatic carbocycles. The number of nitrogens with zero attached hydrogens (tertiary/aromatic N) is 2. The van der Waals surface area contributed by atoms with Crippen LogP contribution in [-0.4, -0.2) is 56.8 Å². The molecule has 1 saturated carbocycles. The van der Waals surface area contributed by atoms with Crippen molar-refractivity contribution in [3.8, 4) is 0 Å². The second-order valence-electron chi connectivity index (χ2n) is 10.6. The molecular weight excluding hydrogens is 508 g/mol. The number of ether oxygens (including phenoxy) is 1. The number of carboxylic acids is 1. The predicted molar refractivity (Wildman–Crippen MR) is 138 cm³/mol. The van der Waals surface area contributed by atoms with Gasteiger partial charge in [0.05, 0.1) is 24.2 Å². The Morgan fingerprint density at radius 2 is 2.03 bits per heavy atom. The molecular formula is C28H38N2O9. The monoisotopic (exact) mass is 546 g/mol. The van der Waals surface area contributed by atoms with Crippen LogP contribution in [0.5, 0.6) is 0 Å². The van der Waals surface area contributed by atoms with E-state index in [1.165, 1.54) is 0 Å². The van der Waals surface area contributed by atoms with Gasteiger partial charge >= 0.3 is 11.9 Å². The number of carboxylic acid groups (broad SMARTS) is 1. The SMILES string of the molecule is CCC(C)C(=O)OC1CCC(=NOCc2cc(C)on2)C2=CC(=O)C(C)C(CCC(=O)CC(O)CC(=O)O)C21. The van der Waals surface area contributed by atoms with Crippen molar-refractivity contribution in [1.82, 2.24) is 5.16 Å². The third-order valence-electron chi connectivity index (χ3n) is 7.58. The van der Waals surface area contributed by atoms with Crippen LogP contribution in [0.1, 0.15) is 77.2 Å². The normalized spacial score (nSPS) is 25.4. The van der Waals surface area contributed by atoms with E-state index in [1.54, 1.807) is 32.9 Å². The number of ketones is 2. The van der Waals surface area contributed by atoms with E-state index in [-0.39, 0.29) is 54.7 Å². The van der Waals surface area contributed by atoms with Crippen LogP contribution in [0.25, 0.3) is 0 Å². The van der Waals surface area contributed by atoms with Crippen LogP contribution in [0.15, 0.2) is 27.4 Å². The highest BCUT2D eigenvalue weighted by Crippen LogP contribution is 2.44. The number of carbonyl (C=O) groups excluding carboxylic acids is 3. The molecule has 0 spiro atoms. The summed E-state index contributed by atoms with van der Waals surface area (Å²) in [6, 6.07) is 1.74. The fourth-order valence-corrected chi connectivity index (χ4v) is 5.21. The van der Waals surface area contributed by atoms with Crippen molar-refractivity contribution in [2.75, 3.05) is 0 Å². The molecule has 0 radical (unpaired) electrons. The van der Waals surface area contributed by atoms with Crippen LogP contribution in [-0.2, 0) is 35.4 Å². The topological polar surface area (TPSA) is 166 Å². The maximum atomic E-state index is 13.0. The molecule has 2 N–H and O–H groups in total. The number of Topliss-reactive ketones (excluding diaryl/α,β-unsaturated/α-hetero) is 1. The third-order valence-corrected chi connectivity index (χ3v) is 7.58. The first kappa shape index (κ1) is 30.2. The van der Waals surface area contributed by atoms with Gasteiger partial charge in [-0.15, -0.1) is 0 Å². The lowest BCUT2D eigenvalue weighted by Gasteiger charge is -2.43. The van der Waals surface area contributed by atoms with E-state index in [4.69, 9.17) is 19.2 Å². The van der Waals surface area contributed by atoms with Crippen LogP contribution in [0.2, 0.25) is 0 Å². The molecule has 1 heterocycles. The second-order valence-corrected chi connectivity index (χ2v) is 10.6. The molecule has 214 valence electrons. The highest BCUT2D eigenvalue weighted by Gasteiger charge is 2.46. The standard InChI is InChI=1S/C28H38N2O9/c1-5-15(2)28(36)38-25-9-8-23(30-37-14-18-10-16(3)39-29-18)22-13-24(33)17(4)21(27(22)25)7-6-19(31)11-20(32)12-26(34)35/h10,13,15,17,20-21,25,27,32H,5-9,11-12,14H2,1-4H3,(H,34,35). The zero-order chi connectivity index (χ0) is 28.7. The number of aliphatic hydroxyl groups excluding tert-OH is 1. The van der Waals surface area contributed by atoms with Crippen molar-refractivity contribution in [2.24, 2.45) is 28.8 Å². The quantitative estimate of drug-likeness (QED) is 0.276. The number of aryl methyl sites for hydroxylation is 1. The number of fused-ring (bicyclic) bond motifs is 1. The number of aromatic nitrogens is 1. The molecule has 11 nitrogen and oxygen atoms in total. The second kappa shape index (κ2) is 13.6. The molecule has 11 heteroatoms. The molecule has 6 unspecified atom stereocenters. The first-order valence-electron chi connectivity index (χ1n) is 13.5. The van der Waals surface area contributed by atoms with Crippen LogP contribution >= 0.6 is 0 Å². The molecule has 1 aromatic heterocycles. The molecule has 1 aromatic rings. The summed E-state index contributed by atoms with van der Waals surface area (Å²) in [5.41, 5.74) is 1.81. The first-order chi connectivity index (χ1) is 18.5. The molecule has 39 heavy (non-hydrogen) atoms. The number of rotatable bonds is 13. The van der Waals surface area contributed by atoms with Gasteiger partial charge in [-0.3, -0.25) is 19.2 Å². The number of oxime groups is 1. The van der Waals surface area contributed by atoms with Gasteiger partial charge in [-0.25, -0.2) is 0 Å². The lowest BCUT2D eigenvalue weighted by molar-refractivity contribution is -0.158. The number of carbonyl (C=O) groups is 4. The highest BCUT2D eigenvalue weighted by molar-refractivity contribution is 6.08. The molecule has 1 fully saturated rings. The summed E-state index contributed by atoms with van der Waals surface area (Å²) in [5, 5.41) is 26.9. The maximum absolute atomic E-state index is 13.0. The zero-order valence-electron chi connectivity index (χ0n) is 22.9. The van der Waals surface area contributed by atoms with Crippen molar-refractivity contribution in [3.63, 3.8) is 0 Å². The van der Waals surface area contributed by atoms with Crippen LogP contribution in [0.3, 0.4) is 0 Å². The van der Waals surface area contributed by atoms with Gasteiger partial charge in [-0.1, -0.05) is 31.1 Å². The van der Waals surface area contributed by atoms with Crippen LogP contribution < -0.4 is 0 Å². The fourth-order valence-electron chi connectivity index (χ4n) is 5.21. The van der Waals surface area contributed by atoms with Gasteiger partial charge < -0.3 is 24.3 Å². The van der Waals surface area contributed by atoms with Crippen molar-refractivity contribution < 1.29 is 43.5 Å². The summed E-state index contributed by atoms with van der Waals surface area (Å²) in [6.45, 7) is 7.37. The van der Waals surface area contributed by atoms with Gasteiger partial charge in [0.1, 0.15) is 23.3 Å². The molecule has 0 bridgehead atoms. The molecule has 0 aliphatic heterocycles. The maximum Gasteiger partial charge on any atom is 0.308 e. The minimum atomic E-state index is -1.26. The number of hydrogen-bond acceptors (Lipinski definition) is 10. The minimum Gasteiger partial charge on any atom is -0.481 e. The molecule has 3 rings (SSSR count). The van der Waals surface area contributed by atoms with Crippen molar-refractivity contribution >= 4 is 29.2 Å². The Balaban J connectivity index is 1.82.